The molecule has 0 bridgehead atoms. The maximum absolute atomic E-state index is 13.5. The molecule has 0 fully saturated rings. The van der Waals surface area contributed by atoms with Crippen molar-refractivity contribution >= 4 is 17.5 Å². The van der Waals surface area contributed by atoms with Gasteiger partial charge in [-0.15, -0.1) is 0 Å². The second-order valence-electron chi connectivity index (χ2n) is 8.10. The Balaban J connectivity index is 1.56. The van der Waals surface area contributed by atoms with Crippen molar-refractivity contribution in [3.63, 3.8) is 0 Å². The lowest BCUT2D eigenvalue weighted by Gasteiger charge is -2.25. The van der Waals surface area contributed by atoms with E-state index in [2.05, 4.69) is 5.32 Å². The molecule has 0 aliphatic carbocycles. The van der Waals surface area contributed by atoms with Crippen LogP contribution in [-0.4, -0.2) is 11.8 Å². The van der Waals surface area contributed by atoms with Gasteiger partial charge in [-0.25, -0.2) is 0 Å². The first-order chi connectivity index (χ1) is 14.5. The van der Waals surface area contributed by atoms with Crippen molar-refractivity contribution in [3.05, 3.63) is 102 Å². The Kier molecular flexibility index (Phi) is 5.40. The number of amides is 2. The number of nitrogens with one attached hydrogen (secondary N) is 1. The molecule has 2 atom stereocenters. The van der Waals surface area contributed by atoms with Gasteiger partial charge in [-0.3, -0.25) is 9.59 Å². The van der Waals surface area contributed by atoms with Crippen LogP contribution in [0.25, 0.3) is 0 Å². The molecular formula is C26H26N2O2. The van der Waals surface area contributed by atoms with E-state index in [0.717, 1.165) is 22.4 Å². The van der Waals surface area contributed by atoms with E-state index in [1.54, 1.807) is 4.90 Å². The van der Waals surface area contributed by atoms with Gasteiger partial charge in [-0.2, -0.15) is 0 Å². The number of rotatable bonds is 6. The van der Waals surface area contributed by atoms with Gasteiger partial charge in [0, 0.05) is 12.1 Å². The molecule has 1 N–H and O–H groups in total. The normalized spacial score (nSPS) is 18.7. The summed E-state index contributed by atoms with van der Waals surface area (Å²) in [4.78, 5) is 28.3. The van der Waals surface area contributed by atoms with Crippen LogP contribution in [0, 0.1) is 0 Å². The Labute approximate surface area is 177 Å². The first-order valence-electron chi connectivity index (χ1n) is 10.3. The van der Waals surface area contributed by atoms with E-state index in [-0.39, 0.29) is 24.3 Å². The standard InChI is InChI=1S/C26H26N2O2/c1-19(21-13-7-4-8-14-21)27-24(29)17-26(2)22-15-9-10-16-23(22)28(25(26)30)18-20-11-5-3-6-12-20/h3-16,19H,17-18H2,1-2H3,(H,27,29)/t19-,26+/m1/s1. The zero-order valence-electron chi connectivity index (χ0n) is 17.3. The molecule has 3 aromatic carbocycles. The van der Waals surface area contributed by atoms with Crippen LogP contribution in [0.15, 0.2) is 84.9 Å². The molecule has 30 heavy (non-hydrogen) atoms. The number of nitrogens with zero attached hydrogens (tertiary/aromatic N) is 1. The first-order valence-corrected chi connectivity index (χ1v) is 10.3. The second-order valence-corrected chi connectivity index (χ2v) is 8.10. The number of fused-ring (bicyclic) bond motifs is 1. The fourth-order valence-corrected chi connectivity index (χ4v) is 4.23. The van der Waals surface area contributed by atoms with Gasteiger partial charge >= 0.3 is 0 Å². The second kappa shape index (κ2) is 8.15. The minimum absolute atomic E-state index is 0.0323. The van der Waals surface area contributed by atoms with E-state index < -0.39 is 5.41 Å². The molecule has 0 spiro atoms. The maximum Gasteiger partial charge on any atom is 0.238 e. The number of anilines is 1. The molecule has 4 rings (SSSR count). The van der Waals surface area contributed by atoms with Gasteiger partial charge in [0.25, 0.3) is 0 Å². The summed E-state index contributed by atoms with van der Waals surface area (Å²) >= 11 is 0. The number of hydrogen-bond acceptors (Lipinski definition) is 2. The molecule has 1 aliphatic heterocycles. The van der Waals surface area contributed by atoms with E-state index in [1.807, 2.05) is 98.8 Å². The Morgan fingerprint density at radius 3 is 2.23 bits per heavy atom. The molecule has 1 aliphatic rings. The summed E-state index contributed by atoms with van der Waals surface area (Å²) in [6, 6.07) is 27.5. The average Bonchev–Trinajstić information content (AvgIpc) is 2.97. The van der Waals surface area contributed by atoms with Crippen molar-refractivity contribution in [2.24, 2.45) is 0 Å². The third-order valence-corrected chi connectivity index (χ3v) is 5.88. The predicted molar refractivity (Wildman–Crippen MR) is 119 cm³/mol. The van der Waals surface area contributed by atoms with Gasteiger partial charge in [0.05, 0.1) is 18.0 Å². The number of benzene rings is 3. The fraction of sp³-hybridized carbons (Fsp3) is 0.231. The fourth-order valence-electron chi connectivity index (χ4n) is 4.23. The Morgan fingerprint density at radius 2 is 1.53 bits per heavy atom. The smallest absolute Gasteiger partial charge is 0.238 e. The minimum Gasteiger partial charge on any atom is -0.350 e. The van der Waals surface area contributed by atoms with Gasteiger partial charge in [-0.05, 0) is 36.6 Å². The highest BCUT2D eigenvalue weighted by Gasteiger charge is 2.48. The highest BCUT2D eigenvalue weighted by molar-refractivity contribution is 6.09. The first kappa shape index (κ1) is 19.9. The van der Waals surface area contributed by atoms with Crippen LogP contribution >= 0.6 is 0 Å². The highest BCUT2D eigenvalue weighted by atomic mass is 16.2. The lowest BCUT2D eigenvalue weighted by Crippen LogP contribution is -2.42. The van der Waals surface area contributed by atoms with Gasteiger partial charge < -0.3 is 10.2 Å². The van der Waals surface area contributed by atoms with Crippen LogP contribution in [0.1, 0.15) is 43.0 Å². The zero-order valence-corrected chi connectivity index (χ0v) is 17.3. The van der Waals surface area contributed by atoms with Gasteiger partial charge in [-0.1, -0.05) is 78.9 Å². The Morgan fingerprint density at radius 1 is 0.933 bits per heavy atom. The minimum atomic E-state index is -0.883. The third kappa shape index (κ3) is 3.73. The van der Waals surface area contributed by atoms with E-state index in [0.29, 0.717) is 6.54 Å². The number of carbonyl (C=O) groups is 2. The summed E-state index contributed by atoms with van der Waals surface area (Å²) in [5.41, 5.74) is 3.02. The molecule has 2 amide bonds. The SMILES string of the molecule is C[C@@H](NC(=O)C[C@]1(C)C(=O)N(Cc2ccccc2)c2ccccc21)c1ccccc1. The van der Waals surface area contributed by atoms with Gasteiger partial charge in [0.1, 0.15) is 0 Å². The van der Waals surface area contributed by atoms with Crippen molar-refractivity contribution in [2.75, 3.05) is 4.90 Å². The van der Waals surface area contributed by atoms with E-state index >= 15 is 0 Å². The highest BCUT2D eigenvalue weighted by Crippen LogP contribution is 2.44. The van der Waals surface area contributed by atoms with Crippen molar-refractivity contribution in [1.82, 2.24) is 5.32 Å². The largest absolute Gasteiger partial charge is 0.350 e. The van der Waals surface area contributed by atoms with Crippen LogP contribution in [0.3, 0.4) is 0 Å². The van der Waals surface area contributed by atoms with Gasteiger partial charge in [0.15, 0.2) is 0 Å². The summed E-state index contributed by atoms with van der Waals surface area (Å²) < 4.78 is 0. The van der Waals surface area contributed by atoms with Crippen LogP contribution < -0.4 is 10.2 Å². The number of hydrogen-bond donors (Lipinski definition) is 1. The van der Waals surface area contributed by atoms with Crippen LogP contribution in [0.5, 0.6) is 0 Å². The van der Waals surface area contributed by atoms with Crippen molar-refractivity contribution in [1.29, 1.82) is 0 Å². The zero-order chi connectivity index (χ0) is 21.1. The van der Waals surface area contributed by atoms with E-state index in [1.165, 1.54) is 0 Å². The molecule has 0 saturated carbocycles. The van der Waals surface area contributed by atoms with Crippen LogP contribution in [-0.2, 0) is 21.5 Å². The summed E-state index contributed by atoms with van der Waals surface area (Å²) in [7, 11) is 0. The molecule has 4 nitrogen and oxygen atoms in total. The van der Waals surface area contributed by atoms with Crippen molar-refractivity contribution in [3.8, 4) is 0 Å². The molecule has 3 aromatic rings. The quantitative estimate of drug-likeness (QED) is 0.651. The summed E-state index contributed by atoms with van der Waals surface area (Å²) in [5.74, 6) is -0.159. The van der Waals surface area contributed by atoms with E-state index in [9.17, 15) is 9.59 Å². The number of carbonyl (C=O) groups excluding carboxylic acids is 2. The molecule has 4 heteroatoms. The van der Waals surface area contributed by atoms with Gasteiger partial charge in [0.2, 0.25) is 11.8 Å². The maximum atomic E-state index is 13.5. The molecular weight excluding hydrogens is 372 g/mol. The molecule has 0 aromatic heterocycles. The molecule has 152 valence electrons. The lowest BCUT2D eigenvalue weighted by molar-refractivity contribution is -0.129. The van der Waals surface area contributed by atoms with Crippen LogP contribution in [0.4, 0.5) is 5.69 Å². The topological polar surface area (TPSA) is 49.4 Å². The lowest BCUT2D eigenvalue weighted by atomic mass is 9.80. The molecule has 0 radical (unpaired) electrons. The number of para-hydroxylation sites is 1. The Bertz CT molecular complexity index is 1050. The Hall–Kier alpha value is -3.40. The monoisotopic (exact) mass is 398 g/mol. The predicted octanol–water partition coefficient (Wildman–Crippen LogP) is 4.76. The third-order valence-electron chi connectivity index (χ3n) is 5.88. The summed E-state index contributed by atoms with van der Waals surface area (Å²) in [6.07, 6.45) is 0.116. The molecule has 1 heterocycles. The van der Waals surface area contributed by atoms with Crippen LogP contribution in [0.2, 0.25) is 0 Å². The molecule has 0 saturated heterocycles. The average molecular weight is 399 g/mol. The summed E-state index contributed by atoms with van der Waals surface area (Å²) in [6.45, 7) is 4.34. The van der Waals surface area contributed by atoms with E-state index in [4.69, 9.17) is 0 Å². The summed E-state index contributed by atoms with van der Waals surface area (Å²) in [5, 5.41) is 3.05. The van der Waals surface area contributed by atoms with Crippen molar-refractivity contribution < 1.29 is 9.59 Å². The molecule has 0 unspecified atom stereocenters. The van der Waals surface area contributed by atoms with Crippen molar-refractivity contribution in [2.45, 2.75) is 38.3 Å².